The quantitative estimate of drug-likeness (QED) is 0.505. The van der Waals surface area contributed by atoms with Crippen molar-refractivity contribution in [1.82, 2.24) is 0 Å². The van der Waals surface area contributed by atoms with Gasteiger partial charge in [0.25, 0.3) is 0 Å². The number of hydrogen-bond donors (Lipinski definition) is 4. The average Bonchev–Trinajstić information content (AvgIpc) is 2.75. The topological polar surface area (TPSA) is 126 Å². The molecule has 0 aliphatic carbocycles. The fourth-order valence-electron chi connectivity index (χ4n) is 3.13. The maximum Gasteiger partial charge on any atom is 0.335 e. The molecule has 1 fully saturated rings. The Morgan fingerprint density at radius 1 is 0.871 bits per heavy atom. The summed E-state index contributed by atoms with van der Waals surface area (Å²) in [5.74, 6) is -0.593. The van der Waals surface area contributed by atoms with Crippen molar-refractivity contribution in [3.63, 3.8) is 0 Å². The molecular weight excluding hydrogens is 451 g/mol. The van der Waals surface area contributed by atoms with Gasteiger partial charge in [-0.1, -0.05) is 47.5 Å². The highest BCUT2D eigenvalue weighted by atomic mass is 35.5. The van der Waals surface area contributed by atoms with E-state index in [4.69, 9.17) is 42.5 Å². The highest BCUT2D eigenvalue weighted by molar-refractivity contribution is 6.59. The lowest BCUT2D eigenvalue weighted by Crippen LogP contribution is -2.61. The molecule has 0 radical (unpaired) electrons. The first-order valence-electron chi connectivity index (χ1n) is 9.12. The molecule has 0 bridgehead atoms. The van der Waals surface area contributed by atoms with E-state index < -0.39 is 36.7 Å². The molecule has 3 rings (SSSR count). The molecule has 8 nitrogen and oxygen atoms in total. The monoisotopic (exact) mass is 470 g/mol. The molecule has 0 spiro atoms. The van der Waals surface area contributed by atoms with Crippen molar-refractivity contribution < 1.29 is 39.4 Å². The molecule has 1 aliphatic rings. The van der Waals surface area contributed by atoms with Crippen LogP contribution < -0.4 is 9.47 Å². The fourth-order valence-corrected chi connectivity index (χ4v) is 3.56. The van der Waals surface area contributed by atoms with Crippen LogP contribution in [0.5, 0.6) is 11.5 Å². The minimum atomic E-state index is -1.79. The Balaban J connectivity index is 1.80. The summed E-state index contributed by atoms with van der Waals surface area (Å²) in [4.78, 5) is 11.2. The SMILES string of the molecule is COc1ccc(C(=C(Cl)Cl)c2ccc(OC3OC(C(=O)O)C(O)C(O)C3O)cc2)cc1. The van der Waals surface area contributed by atoms with Gasteiger partial charge in [-0.25, -0.2) is 4.79 Å². The van der Waals surface area contributed by atoms with E-state index in [-0.39, 0.29) is 10.2 Å². The molecule has 5 unspecified atom stereocenters. The molecule has 1 aliphatic heterocycles. The third kappa shape index (κ3) is 5.12. The molecule has 166 valence electrons. The number of aliphatic carboxylic acids is 1. The summed E-state index contributed by atoms with van der Waals surface area (Å²) in [7, 11) is 1.56. The van der Waals surface area contributed by atoms with Gasteiger partial charge in [0, 0.05) is 5.57 Å². The third-order valence-corrected chi connectivity index (χ3v) is 5.15. The molecule has 0 aromatic heterocycles. The molecule has 1 saturated heterocycles. The molecule has 5 atom stereocenters. The number of carbonyl (C=O) groups is 1. The maximum absolute atomic E-state index is 11.2. The first kappa shape index (κ1) is 23.3. The van der Waals surface area contributed by atoms with E-state index in [1.165, 1.54) is 0 Å². The van der Waals surface area contributed by atoms with Gasteiger partial charge in [-0.3, -0.25) is 0 Å². The number of halogens is 2. The maximum atomic E-state index is 11.2. The fraction of sp³-hybridized carbons (Fsp3) is 0.286. The minimum absolute atomic E-state index is 0.0475. The Labute approximate surface area is 187 Å². The number of carboxylic acid groups (broad SMARTS) is 1. The van der Waals surface area contributed by atoms with Crippen LogP contribution in [0.4, 0.5) is 0 Å². The molecule has 10 heteroatoms. The van der Waals surface area contributed by atoms with E-state index in [2.05, 4.69) is 0 Å². The van der Waals surface area contributed by atoms with E-state index in [1.807, 2.05) is 0 Å². The Morgan fingerprint density at radius 3 is 1.84 bits per heavy atom. The highest BCUT2D eigenvalue weighted by Gasteiger charge is 2.48. The zero-order chi connectivity index (χ0) is 22.7. The smallest absolute Gasteiger partial charge is 0.335 e. The average molecular weight is 471 g/mol. The standard InChI is InChI=1S/C21H20Cl2O8/c1-29-12-6-2-10(3-7-12)14(19(22)23)11-4-8-13(9-5-11)30-21-17(26)15(24)16(25)18(31-21)20(27)28/h2-9,15-18,21,24-26H,1H3,(H,27,28). The highest BCUT2D eigenvalue weighted by Crippen LogP contribution is 2.33. The van der Waals surface area contributed by atoms with Crippen molar-refractivity contribution in [2.75, 3.05) is 7.11 Å². The second kappa shape index (κ2) is 9.86. The van der Waals surface area contributed by atoms with E-state index >= 15 is 0 Å². The van der Waals surface area contributed by atoms with Crippen molar-refractivity contribution in [3.05, 3.63) is 64.1 Å². The molecule has 1 heterocycles. The number of aliphatic hydroxyl groups is 3. The van der Waals surface area contributed by atoms with Gasteiger partial charge in [-0.15, -0.1) is 0 Å². The summed E-state index contributed by atoms with van der Waals surface area (Å²) >= 11 is 12.2. The van der Waals surface area contributed by atoms with Crippen molar-refractivity contribution in [2.24, 2.45) is 0 Å². The normalized spacial score (nSPS) is 25.5. The first-order valence-corrected chi connectivity index (χ1v) is 9.87. The molecule has 2 aromatic rings. The summed E-state index contributed by atoms with van der Waals surface area (Å²) in [6.07, 6.45) is -8.45. The summed E-state index contributed by atoms with van der Waals surface area (Å²) in [6, 6.07) is 13.5. The van der Waals surface area contributed by atoms with E-state index in [0.717, 1.165) is 5.56 Å². The van der Waals surface area contributed by atoms with Gasteiger partial charge >= 0.3 is 5.97 Å². The molecule has 31 heavy (non-hydrogen) atoms. The summed E-state index contributed by atoms with van der Waals surface area (Å²) < 4.78 is 15.8. The number of rotatable bonds is 6. The molecule has 0 saturated carbocycles. The zero-order valence-electron chi connectivity index (χ0n) is 16.2. The number of hydrogen-bond acceptors (Lipinski definition) is 7. The summed E-state index contributed by atoms with van der Waals surface area (Å²) in [5, 5.41) is 38.8. The molecule has 0 amide bonds. The van der Waals surface area contributed by atoms with Crippen LogP contribution in [-0.2, 0) is 9.53 Å². The lowest BCUT2D eigenvalue weighted by molar-refractivity contribution is -0.271. The van der Waals surface area contributed by atoms with Crippen LogP contribution in [-0.4, -0.2) is 64.2 Å². The van der Waals surface area contributed by atoms with Gasteiger partial charge in [0.05, 0.1) is 7.11 Å². The van der Waals surface area contributed by atoms with Crippen molar-refractivity contribution >= 4 is 34.7 Å². The van der Waals surface area contributed by atoms with Gasteiger partial charge in [0.15, 0.2) is 6.10 Å². The molecule has 2 aromatic carbocycles. The predicted molar refractivity (Wildman–Crippen MR) is 112 cm³/mol. The van der Waals surface area contributed by atoms with Crippen molar-refractivity contribution in [3.8, 4) is 11.5 Å². The van der Waals surface area contributed by atoms with Crippen LogP contribution in [0.15, 0.2) is 53.0 Å². The second-order valence-electron chi connectivity index (χ2n) is 6.74. The Kier molecular flexibility index (Phi) is 7.42. The lowest BCUT2D eigenvalue weighted by atomic mass is 9.98. The number of aliphatic hydroxyl groups excluding tert-OH is 3. The zero-order valence-corrected chi connectivity index (χ0v) is 17.7. The minimum Gasteiger partial charge on any atom is -0.497 e. The Bertz CT molecular complexity index is 941. The molecular formula is C21H20Cl2O8. The third-order valence-electron chi connectivity index (χ3n) is 4.78. The van der Waals surface area contributed by atoms with Crippen LogP contribution >= 0.6 is 23.2 Å². The van der Waals surface area contributed by atoms with E-state index in [0.29, 0.717) is 16.9 Å². The largest absolute Gasteiger partial charge is 0.497 e. The van der Waals surface area contributed by atoms with Crippen molar-refractivity contribution in [1.29, 1.82) is 0 Å². The van der Waals surface area contributed by atoms with Crippen LogP contribution in [0.3, 0.4) is 0 Å². The van der Waals surface area contributed by atoms with Gasteiger partial charge < -0.3 is 34.6 Å². The van der Waals surface area contributed by atoms with Gasteiger partial charge in [0.2, 0.25) is 6.29 Å². The summed E-state index contributed by atoms with van der Waals surface area (Å²) in [6.45, 7) is 0. The van der Waals surface area contributed by atoms with Gasteiger partial charge in [-0.05, 0) is 35.4 Å². The van der Waals surface area contributed by atoms with Gasteiger partial charge in [-0.2, -0.15) is 0 Å². The number of ether oxygens (including phenoxy) is 3. The Morgan fingerprint density at radius 2 is 1.39 bits per heavy atom. The van der Waals surface area contributed by atoms with E-state index in [1.54, 1.807) is 55.6 Å². The van der Waals surface area contributed by atoms with E-state index in [9.17, 15) is 20.1 Å². The number of carboxylic acids is 1. The van der Waals surface area contributed by atoms with Crippen LogP contribution in [0.1, 0.15) is 11.1 Å². The number of benzene rings is 2. The van der Waals surface area contributed by atoms with Crippen LogP contribution in [0, 0.1) is 0 Å². The van der Waals surface area contributed by atoms with Gasteiger partial charge in [0.1, 0.15) is 34.3 Å². The first-order chi connectivity index (χ1) is 14.7. The second-order valence-corrected chi connectivity index (χ2v) is 7.69. The van der Waals surface area contributed by atoms with Crippen LogP contribution in [0.25, 0.3) is 5.57 Å². The lowest BCUT2D eigenvalue weighted by Gasteiger charge is -2.38. The predicted octanol–water partition coefficient (Wildman–Crippen LogP) is 2.16. The molecule has 4 N–H and O–H groups in total. The Hall–Kier alpha value is -2.33. The summed E-state index contributed by atoms with van der Waals surface area (Å²) in [5.41, 5.74) is 1.99. The van der Waals surface area contributed by atoms with Crippen LogP contribution in [0.2, 0.25) is 0 Å². The number of methoxy groups -OCH3 is 1. The van der Waals surface area contributed by atoms with Crippen molar-refractivity contribution in [2.45, 2.75) is 30.7 Å².